The number of benzene rings is 3. The van der Waals surface area contributed by atoms with Crippen LogP contribution in [0.1, 0.15) is 15.9 Å². The molecule has 1 heterocycles. The molecule has 1 aromatic heterocycles. The van der Waals surface area contributed by atoms with E-state index in [4.69, 9.17) is 14.6 Å². The normalized spacial score (nSPS) is 10.9. The smallest absolute Gasteiger partial charge is 0.259 e. The SMILES string of the molecule is COc1ccc(-c2nn(-c3ccccc3)cc2C(=O)Nc2ccc(CCN(C)C)cc2)c(OC)c1. The number of anilines is 1. The minimum absolute atomic E-state index is 0.249. The number of ether oxygens (including phenoxy) is 2. The summed E-state index contributed by atoms with van der Waals surface area (Å²) in [5.74, 6) is 0.983. The van der Waals surface area contributed by atoms with Crippen molar-refractivity contribution in [2.75, 3.05) is 40.2 Å². The lowest BCUT2D eigenvalue weighted by molar-refractivity contribution is 0.102. The monoisotopic (exact) mass is 470 g/mol. The summed E-state index contributed by atoms with van der Waals surface area (Å²) >= 11 is 0. The van der Waals surface area contributed by atoms with Gasteiger partial charge >= 0.3 is 0 Å². The molecule has 0 aliphatic heterocycles. The molecule has 4 rings (SSSR count). The zero-order valence-corrected chi connectivity index (χ0v) is 20.5. The van der Waals surface area contributed by atoms with E-state index in [2.05, 4.69) is 24.3 Å². The van der Waals surface area contributed by atoms with Crippen LogP contribution < -0.4 is 14.8 Å². The van der Waals surface area contributed by atoms with Gasteiger partial charge in [-0.25, -0.2) is 4.68 Å². The van der Waals surface area contributed by atoms with Crippen LogP contribution in [0.15, 0.2) is 79.0 Å². The van der Waals surface area contributed by atoms with Crippen LogP contribution in [-0.2, 0) is 6.42 Å². The summed E-state index contributed by atoms with van der Waals surface area (Å²) in [6.07, 6.45) is 2.70. The van der Waals surface area contributed by atoms with E-state index in [-0.39, 0.29) is 5.91 Å². The fourth-order valence-electron chi connectivity index (χ4n) is 3.75. The van der Waals surface area contributed by atoms with Gasteiger partial charge in [0.1, 0.15) is 17.2 Å². The van der Waals surface area contributed by atoms with Crippen molar-refractivity contribution in [2.24, 2.45) is 0 Å². The van der Waals surface area contributed by atoms with Crippen LogP contribution in [-0.4, -0.2) is 55.4 Å². The van der Waals surface area contributed by atoms with Crippen molar-refractivity contribution in [3.05, 3.63) is 90.1 Å². The maximum Gasteiger partial charge on any atom is 0.259 e. The van der Waals surface area contributed by atoms with Gasteiger partial charge in [0.05, 0.1) is 25.5 Å². The van der Waals surface area contributed by atoms with Gasteiger partial charge in [-0.2, -0.15) is 5.10 Å². The van der Waals surface area contributed by atoms with Crippen molar-refractivity contribution >= 4 is 11.6 Å². The third-order valence-corrected chi connectivity index (χ3v) is 5.70. The maximum absolute atomic E-state index is 13.4. The second-order valence-corrected chi connectivity index (χ2v) is 8.44. The summed E-state index contributed by atoms with van der Waals surface area (Å²) in [5.41, 5.74) is 4.46. The van der Waals surface area contributed by atoms with Gasteiger partial charge in [-0.1, -0.05) is 30.3 Å². The Balaban J connectivity index is 1.68. The van der Waals surface area contributed by atoms with Gasteiger partial charge in [-0.05, 0) is 62.5 Å². The van der Waals surface area contributed by atoms with Gasteiger partial charge in [0.2, 0.25) is 0 Å². The van der Waals surface area contributed by atoms with Crippen molar-refractivity contribution in [3.8, 4) is 28.4 Å². The van der Waals surface area contributed by atoms with Crippen LogP contribution in [0.5, 0.6) is 11.5 Å². The van der Waals surface area contributed by atoms with Crippen LogP contribution in [0.25, 0.3) is 16.9 Å². The molecular formula is C28H30N4O3. The number of hydrogen-bond donors (Lipinski definition) is 1. The number of carbonyl (C=O) groups is 1. The third-order valence-electron chi connectivity index (χ3n) is 5.70. The lowest BCUT2D eigenvalue weighted by atomic mass is 10.1. The number of nitrogens with zero attached hydrogens (tertiary/aromatic N) is 3. The van der Waals surface area contributed by atoms with E-state index in [0.717, 1.165) is 24.3 Å². The number of nitrogens with one attached hydrogen (secondary N) is 1. The first-order valence-electron chi connectivity index (χ1n) is 11.4. The number of methoxy groups -OCH3 is 2. The van der Waals surface area contributed by atoms with Gasteiger partial charge in [0, 0.05) is 30.1 Å². The Morgan fingerprint density at radius 1 is 0.971 bits per heavy atom. The summed E-state index contributed by atoms with van der Waals surface area (Å²) in [6, 6.07) is 23.1. The molecule has 1 amide bonds. The molecule has 0 saturated heterocycles. The van der Waals surface area contributed by atoms with Crippen molar-refractivity contribution < 1.29 is 14.3 Å². The first kappa shape index (κ1) is 24.0. The number of rotatable bonds is 9. The molecule has 0 fully saturated rings. The lowest BCUT2D eigenvalue weighted by Gasteiger charge is -2.11. The van der Waals surface area contributed by atoms with Crippen LogP contribution in [0.3, 0.4) is 0 Å². The Bertz CT molecular complexity index is 1280. The second kappa shape index (κ2) is 10.9. The van der Waals surface area contributed by atoms with E-state index >= 15 is 0 Å². The van der Waals surface area contributed by atoms with Crippen LogP contribution in [0.4, 0.5) is 5.69 Å². The molecule has 0 spiro atoms. The second-order valence-electron chi connectivity index (χ2n) is 8.44. The zero-order chi connectivity index (χ0) is 24.8. The van der Waals surface area contributed by atoms with Crippen LogP contribution in [0, 0.1) is 0 Å². The Morgan fingerprint density at radius 3 is 2.37 bits per heavy atom. The van der Waals surface area contributed by atoms with E-state index in [1.165, 1.54) is 5.56 Å². The van der Waals surface area contributed by atoms with Crippen molar-refractivity contribution in [2.45, 2.75) is 6.42 Å². The van der Waals surface area contributed by atoms with Crippen molar-refractivity contribution in [1.29, 1.82) is 0 Å². The number of hydrogen-bond acceptors (Lipinski definition) is 5. The summed E-state index contributed by atoms with van der Waals surface area (Å²) in [4.78, 5) is 15.6. The molecule has 0 radical (unpaired) electrons. The largest absolute Gasteiger partial charge is 0.497 e. The average Bonchev–Trinajstić information content (AvgIpc) is 3.34. The number of carbonyl (C=O) groups excluding carboxylic acids is 1. The number of para-hydroxylation sites is 1. The molecule has 0 saturated carbocycles. The van der Waals surface area contributed by atoms with Crippen LogP contribution >= 0.6 is 0 Å². The van der Waals surface area contributed by atoms with E-state index in [9.17, 15) is 4.79 Å². The van der Waals surface area contributed by atoms with Gasteiger partial charge in [0.25, 0.3) is 5.91 Å². The molecule has 0 unspecified atom stereocenters. The molecule has 4 aromatic rings. The molecule has 3 aromatic carbocycles. The van der Waals surface area contributed by atoms with Crippen molar-refractivity contribution in [1.82, 2.24) is 14.7 Å². The minimum atomic E-state index is -0.249. The molecule has 0 atom stereocenters. The van der Waals surface area contributed by atoms with E-state index in [1.807, 2.05) is 66.7 Å². The quantitative estimate of drug-likeness (QED) is 0.376. The van der Waals surface area contributed by atoms with Gasteiger partial charge in [-0.3, -0.25) is 4.79 Å². The lowest BCUT2D eigenvalue weighted by Crippen LogP contribution is -2.15. The van der Waals surface area contributed by atoms with Gasteiger partial charge in [0.15, 0.2) is 0 Å². The Hall–Kier alpha value is -4.10. The molecule has 1 N–H and O–H groups in total. The zero-order valence-electron chi connectivity index (χ0n) is 20.5. The first-order chi connectivity index (χ1) is 17.0. The number of aromatic nitrogens is 2. The molecule has 7 nitrogen and oxygen atoms in total. The van der Waals surface area contributed by atoms with Gasteiger partial charge < -0.3 is 19.7 Å². The highest BCUT2D eigenvalue weighted by Gasteiger charge is 2.22. The fourth-order valence-corrected chi connectivity index (χ4v) is 3.75. The minimum Gasteiger partial charge on any atom is -0.497 e. The molecule has 35 heavy (non-hydrogen) atoms. The van der Waals surface area contributed by atoms with Crippen LogP contribution in [0.2, 0.25) is 0 Å². The fraction of sp³-hybridized carbons (Fsp3) is 0.214. The van der Waals surface area contributed by atoms with E-state index < -0.39 is 0 Å². The maximum atomic E-state index is 13.4. The predicted octanol–water partition coefficient (Wildman–Crippen LogP) is 4.91. The topological polar surface area (TPSA) is 68.6 Å². The summed E-state index contributed by atoms with van der Waals surface area (Å²) in [6.45, 7) is 0.970. The Morgan fingerprint density at radius 2 is 1.71 bits per heavy atom. The highest BCUT2D eigenvalue weighted by molar-refractivity contribution is 6.08. The highest BCUT2D eigenvalue weighted by Crippen LogP contribution is 2.35. The predicted molar refractivity (Wildman–Crippen MR) is 139 cm³/mol. The third kappa shape index (κ3) is 5.70. The summed E-state index contributed by atoms with van der Waals surface area (Å²) in [7, 11) is 7.30. The average molecular weight is 471 g/mol. The molecule has 7 heteroatoms. The van der Waals surface area contributed by atoms with E-state index in [0.29, 0.717) is 28.3 Å². The van der Waals surface area contributed by atoms with Gasteiger partial charge in [-0.15, -0.1) is 0 Å². The Kier molecular flexibility index (Phi) is 7.48. The first-order valence-corrected chi connectivity index (χ1v) is 11.4. The summed E-state index contributed by atoms with van der Waals surface area (Å²) in [5, 5.41) is 7.78. The standard InChI is InChI=1S/C28H30N4O3/c1-31(2)17-16-20-10-12-21(13-11-20)29-28(33)25-19-32(22-8-6-5-7-9-22)30-27(25)24-15-14-23(34-3)18-26(24)35-4/h5-15,18-19H,16-17H2,1-4H3,(H,29,33). The molecule has 0 aliphatic carbocycles. The molecule has 180 valence electrons. The Labute approximate surface area is 205 Å². The van der Waals surface area contributed by atoms with E-state index in [1.54, 1.807) is 31.2 Å². The highest BCUT2D eigenvalue weighted by atomic mass is 16.5. The molecular weight excluding hydrogens is 440 g/mol. The molecule has 0 bridgehead atoms. The number of likely N-dealkylation sites (N-methyl/N-ethyl adjacent to an activating group) is 1. The van der Waals surface area contributed by atoms with Crippen molar-refractivity contribution in [3.63, 3.8) is 0 Å². The summed E-state index contributed by atoms with van der Waals surface area (Å²) < 4.78 is 12.6. The number of amides is 1. The molecule has 0 aliphatic rings.